The molecule has 19 heavy (non-hydrogen) atoms. The fourth-order valence-electron chi connectivity index (χ4n) is 2.69. The molecule has 1 aliphatic rings. The van der Waals surface area contributed by atoms with Gasteiger partial charge in [0.15, 0.2) is 0 Å². The average Bonchev–Trinajstić information content (AvgIpc) is 2.76. The van der Waals surface area contributed by atoms with Crippen LogP contribution >= 0.6 is 0 Å². The van der Waals surface area contributed by atoms with E-state index in [1.165, 1.54) is 7.11 Å². The molecule has 0 aromatic heterocycles. The zero-order chi connectivity index (χ0) is 13.8. The monoisotopic (exact) mass is 261 g/mol. The van der Waals surface area contributed by atoms with Crippen molar-refractivity contribution in [2.45, 2.75) is 25.8 Å². The summed E-state index contributed by atoms with van der Waals surface area (Å²) in [6.45, 7) is 2.43. The topological polar surface area (TPSA) is 46.6 Å². The Hall–Kier alpha value is -1.84. The van der Waals surface area contributed by atoms with Crippen molar-refractivity contribution in [3.63, 3.8) is 0 Å². The number of benzene rings is 1. The number of carbonyl (C=O) groups is 2. The molecule has 1 fully saturated rings. The van der Waals surface area contributed by atoms with Gasteiger partial charge in [0.1, 0.15) is 6.04 Å². The molecule has 1 aliphatic heterocycles. The number of rotatable bonds is 4. The van der Waals surface area contributed by atoms with Gasteiger partial charge < -0.3 is 9.64 Å². The van der Waals surface area contributed by atoms with Crippen molar-refractivity contribution < 1.29 is 14.3 Å². The van der Waals surface area contributed by atoms with Gasteiger partial charge in [0.05, 0.1) is 7.11 Å². The summed E-state index contributed by atoms with van der Waals surface area (Å²) in [6, 6.07) is 9.48. The number of nitrogens with zero attached hydrogens (tertiary/aromatic N) is 1. The van der Waals surface area contributed by atoms with Gasteiger partial charge in [-0.15, -0.1) is 0 Å². The molecule has 1 unspecified atom stereocenters. The van der Waals surface area contributed by atoms with Crippen LogP contribution in [0.25, 0.3) is 0 Å². The molecule has 0 N–H and O–H groups in total. The number of hydrogen-bond donors (Lipinski definition) is 0. The summed E-state index contributed by atoms with van der Waals surface area (Å²) >= 11 is 0. The van der Waals surface area contributed by atoms with Crippen molar-refractivity contribution in [1.82, 2.24) is 4.90 Å². The first-order chi connectivity index (χ1) is 9.17. The van der Waals surface area contributed by atoms with Gasteiger partial charge in [-0.25, -0.2) is 4.79 Å². The predicted octanol–water partition coefficient (Wildman–Crippen LogP) is 1.64. The highest BCUT2D eigenvalue weighted by Crippen LogP contribution is 2.28. The minimum absolute atomic E-state index is 0.0572. The largest absolute Gasteiger partial charge is 0.467 e. The molecule has 2 rings (SSSR count). The van der Waals surface area contributed by atoms with Crippen molar-refractivity contribution >= 4 is 11.9 Å². The molecule has 1 saturated heterocycles. The summed E-state index contributed by atoms with van der Waals surface area (Å²) in [5.74, 6) is -0.376. The number of likely N-dealkylation sites (N-methyl/N-ethyl adjacent to an activating group) is 1. The highest BCUT2D eigenvalue weighted by Gasteiger charge is 2.42. The Balaban J connectivity index is 2.11. The number of ether oxygens (including phenoxy) is 1. The van der Waals surface area contributed by atoms with Gasteiger partial charge >= 0.3 is 5.97 Å². The van der Waals surface area contributed by atoms with Gasteiger partial charge in [0, 0.05) is 12.5 Å². The van der Waals surface area contributed by atoms with Crippen molar-refractivity contribution in [3.05, 3.63) is 35.9 Å². The Bertz CT molecular complexity index is 458. The lowest BCUT2D eigenvalue weighted by molar-refractivity contribution is -0.149. The van der Waals surface area contributed by atoms with Crippen LogP contribution in [0.1, 0.15) is 18.9 Å². The molecule has 1 amide bonds. The standard InChI is InChI=1S/C15H19NO3/c1-3-16-13(15(18)19-2)10-12(14(16)17)9-11-7-5-4-6-8-11/h4-8,12-13H,3,9-10H2,1-2H3/t12?,13-/m0/s1. The van der Waals surface area contributed by atoms with E-state index in [2.05, 4.69) is 0 Å². The third-order valence-corrected chi connectivity index (χ3v) is 3.66. The first-order valence-corrected chi connectivity index (χ1v) is 6.59. The predicted molar refractivity (Wildman–Crippen MR) is 71.4 cm³/mol. The summed E-state index contributed by atoms with van der Waals surface area (Å²) in [5, 5.41) is 0. The highest BCUT2D eigenvalue weighted by molar-refractivity contribution is 5.89. The molecule has 1 aromatic rings. The first kappa shape index (κ1) is 13.6. The van der Waals surface area contributed by atoms with Gasteiger partial charge in [-0.3, -0.25) is 4.79 Å². The molecule has 0 spiro atoms. The van der Waals surface area contributed by atoms with E-state index in [4.69, 9.17) is 4.74 Å². The summed E-state index contributed by atoms with van der Waals surface area (Å²) < 4.78 is 4.78. The molecule has 0 aliphatic carbocycles. The van der Waals surface area contributed by atoms with Crippen molar-refractivity contribution in [2.24, 2.45) is 5.92 Å². The van der Waals surface area contributed by atoms with E-state index >= 15 is 0 Å². The second-order valence-corrected chi connectivity index (χ2v) is 4.79. The third-order valence-electron chi connectivity index (χ3n) is 3.66. The molecular formula is C15H19NO3. The van der Waals surface area contributed by atoms with E-state index in [0.29, 0.717) is 19.4 Å². The van der Waals surface area contributed by atoms with E-state index in [-0.39, 0.29) is 17.8 Å². The molecule has 0 saturated carbocycles. The molecule has 1 aromatic carbocycles. The van der Waals surface area contributed by atoms with E-state index in [0.717, 1.165) is 5.56 Å². The second-order valence-electron chi connectivity index (χ2n) is 4.79. The van der Waals surface area contributed by atoms with Gasteiger partial charge in [0.25, 0.3) is 0 Å². The lowest BCUT2D eigenvalue weighted by Crippen LogP contribution is -2.39. The smallest absolute Gasteiger partial charge is 0.328 e. The third kappa shape index (κ3) is 2.78. The number of likely N-dealkylation sites (tertiary alicyclic amines) is 1. The molecular weight excluding hydrogens is 242 g/mol. The summed E-state index contributed by atoms with van der Waals surface area (Å²) in [4.78, 5) is 25.6. The van der Waals surface area contributed by atoms with Gasteiger partial charge in [-0.2, -0.15) is 0 Å². The fourth-order valence-corrected chi connectivity index (χ4v) is 2.69. The zero-order valence-electron chi connectivity index (χ0n) is 11.3. The van der Waals surface area contributed by atoms with Gasteiger partial charge in [-0.05, 0) is 25.3 Å². The second kappa shape index (κ2) is 5.87. The lowest BCUT2D eigenvalue weighted by atomic mass is 9.96. The van der Waals surface area contributed by atoms with Crippen molar-refractivity contribution in [1.29, 1.82) is 0 Å². The number of hydrogen-bond acceptors (Lipinski definition) is 3. The SMILES string of the molecule is CCN1C(=O)C(Cc2ccccc2)C[C@H]1C(=O)OC. The summed E-state index contributed by atoms with van der Waals surface area (Å²) in [7, 11) is 1.37. The summed E-state index contributed by atoms with van der Waals surface area (Å²) in [6.07, 6.45) is 1.23. The van der Waals surface area contributed by atoms with Crippen LogP contribution in [0.2, 0.25) is 0 Å². The highest BCUT2D eigenvalue weighted by atomic mass is 16.5. The molecule has 0 bridgehead atoms. The quantitative estimate of drug-likeness (QED) is 0.774. The van der Waals surface area contributed by atoms with Crippen molar-refractivity contribution in [2.75, 3.05) is 13.7 Å². The maximum absolute atomic E-state index is 12.3. The number of methoxy groups -OCH3 is 1. The van der Waals surface area contributed by atoms with E-state index in [9.17, 15) is 9.59 Å². The fraction of sp³-hybridized carbons (Fsp3) is 0.467. The Labute approximate surface area is 113 Å². The van der Waals surface area contributed by atoms with Crippen LogP contribution < -0.4 is 0 Å². The molecule has 4 nitrogen and oxygen atoms in total. The zero-order valence-corrected chi connectivity index (χ0v) is 11.3. The lowest BCUT2D eigenvalue weighted by Gasteiger charge is -2.20. The molecule has 1 heterocycles. The Morgan fingerprint density at radius 1 is 1.37 bits per heavy atom. The maximum atomic E-state index is 12.3. The summed E-state index contributed by atoms with van der Waals surface area (Å²) in [5.41, 5.74) is 1.13. The molecule has 4 heteroatoms. The van der Waals surface area contributed by atoms with Crippen LogP contribution in [0.3, 0.4) is 0 Å². The number of esters is 1. The van der Waals surface area contributed by atoms with E-state index < -0.39 is 6.04 Å². The van der Waals surface area contributed by atoms with Gasteiger partial charge in [0.2, 0.25) is 5.91 Å². The molecule has 2 atom stereocenters. The van der Waals surface area contributed by atoms with Crippen LogP contribution in [-0.4, -0.2) is 36.5 Å². The Morgan fingerprint density at radius 2 is 2.05 bits per heavy atom. The van der Waals surface area contributed by atoms with Crippen LogP contribution in [0.4, 0.5) is 0 Å². The first-order valence-electron chi connectivity index (χ1n) is 6.59. The molecule has 0 radical (unpaired) electrons. The normalized spacial score (nSPS) is 22.6. The van der Waals surface area contributed by atoms with Gasteiger partial charge in [-0.1, -0.05) is 30.3 Å². The van der Waals surface area contributed by atoms with E-state index in [1.807, 2.05) is 37.3 Å². The Kier molecular flexibility index (Phi) is 4.20. The van der Waals surface area contributed by atoms with Crippen LogP contribution in [0.5, 0.6) is 0 Å². The minimum Gasteiger partial charge on any atom is -0.467 e. The van der Waals surface area contributed by atoms with E-state index in [1.54, 1.807) is 4.90 Å². The molecule has 102 valence electrons. The maximum Gasteiger partial charge on any atom is 0.328 e. The number of amides is 1. The average molecular weight is 261 g/mol. The van der Waals surface area contributed by atoms with Crippen LogP contribution in [-0.2, 0) is 20.7 Å². The van der Waals surface area contributed by atoms with Crippen LogP contribution in [0, 0.1) is 5.92 Å². The minimum atomic E-state index is -0.420. The Morgan fingerprint density at radius 3 is 2.63 bits per heavy atom. The number of carbonyl (C=O) groups excluding carboxylic acids is 2. The van der Waals surface area contributed by atoms with Crippen molar-refractivity contribution in [3.8, 4) is 0 Å². The van der Waals surface area contributed by atoms with Crippen LogP contribution in [0.15, 0.2) is 30.3 Å².